The molecule has 2 heterocycles. The van der Waals surface area contributed by atoms with E-state index in [-0.39, 0.29) is 5.82 Å². The van der Waals surface area contributed by atoms with E-state index in [1.165, 1.54) is 23.9 Å². The molecule has 0 aliphatic carbocycles. The van der Waals surface area contributed by atoms with E-state index < -0.39 is 0 Å². The molecule has 1 aromatic carbocycles. The maximum absolute atomic E-state index is 13.4. The van der Waals surface area contributed by atoms with Gasteiger partial charge in [-0.1, -0.05) is 38.5 Å². The zero-order chi connectivity index (χ0) is 19.2. The van der Waals surface area contributed by atoms with Crippen LogP contribution in [0.5, 0.6) is 0 Å². The molecule has 0 aliphatic heterocycles. The van der Waals surface area contributed by atoms with E-state index in [2.05, 4.69) is 30.0 Å². The van der Waals surface area contributed by atoms with Crippen molar-refractivity contribution < 1.29 is 4.39 Å². The molecule has 0 saturated heterocycles. The zero-order valence-electron chi connectivity index (χ0n) is 16.0. The summed E-state index contributed by atoms with van der Waals surface area (Å²) in [6, 6.07) is 8.35. The van der Waals surface area contributed by atoms with Crippen LogP contribution in [0.15, 0.2) is 47.9 Å². The Hall–Kier alpha value is -2.21. The van der Waals surface area contributed by atoms with Crippen LogP contribution in [0.2, 0.25) is 0 Å². The molecule has 0 fully saturated rings. The number of thioether (sulfide) groups is 1. The third-order valence-corrected chi connectivity index (χ3v) is 5.13. The summed E-state index contributed by atoms with van der Waals surface area (Å²) < 4.78 is 15.4. The largest absolute Gasteiger partial charge is 0.283 e. The number of imidazole rings is 1. The first kappa shape index (κ1) is 19.5. The molecule has 4 nitrogen and oxygen atoms in total. The van der Waals surface area contributed by atoms with Crippen LogP contribution in [0.25, 0.3) is 17.2 Å². The Morgan fingerprint density at radius 2 is 1.74 bits per heavy atom. The van der Waals surface area contributed by atoms with E-state index in [9.17, 15) is 4.39 Å². The number of benzene rings is 1. The van der Waals surface area contributed by atoms with E-state index in [1.807, 2.05) is 16.9 Å². The van der Waals surface area contributed by atoms with E-state index in [0.717, 1.165) is 48.6 Å². The summed E-state index contributed by atoms with van der Waals surface area (Å²) in [5.74, 6) is 1.73. The van der Waals surface area contributed by atoms with Gasteiger partial charge >= 0.3 is 0 Å². The lowest BCUT2D eigenvalue weighted by Crippen LogP contribution is -2.01. The van der Waals surface area contributed by atoms with Gasteiger partial charge in [-0.05, 0) is 49.4 Å². The average molecular weight is 385 g/mol. The summed E-state index contributed by atoms with van der Waals surface area (Å²) in [6.07, 6.45) is 10.2. The van der Waals surface area contributed by atoms with Crippen molar-refractivity contribution in [2.75, 3.05) is 6.26 Å². The van der Waals surface area contributed by atoms with E-state index in [0.29, 0.717) is 11.1 Å². The average Bonchev–Trinajstić information content (AvgIpc) is 3.14. The minimum Gasteiger partial charge on any atom is -0.283 e. The molecular formula is C21H25FN4S. The Balaban J connectivity index is 2.12. The number of nitrogens with zero attached hydrogens (tertiary/aromatic N) is 4. The summed E-state index contributed by atoms with van der Waals surface area (Å²) in [6.45, 7) is 4.41. The van der Waals surface area contributed by atoms with Gasteiger partial charge in [-0.25, -0.2) is 19.3 Å². The van der Waals surface area contributed by atoms with Crippen LogP contribution < -0.4 is 0 Å². The lowest BCUT2D eigenvalue weighted by molar-refractivity contribution is 0.550. The molecule has 0 spiro atoms. The highest BCUT2D eigenvalue weighted by Crippen LogP contribution is 2.30. The number of hydrogen-bond acceptors (Lipinski definition) is 4. The van der Waals surface area contributed by atoms with Crippen molar-refractivity contribution in [2.24, 2.45) is 0 Å². The van der Waals surface area contributed by atoms with Crippen LogP contribution in [0.4, 0.5) is 4.39 Å². The molecule has 0 radical (unpaired) electrons. The second-order valence-electron chi connectivity index (χ2n) is 6.54. The normalized spacial score (nSPS) is 11.3. The first-order valence-electron chi connectivity index (χ1n) is 9.38. The first-order chi connectivity index (χ1) is 13.2. The van der Waals surface area contributed by atoms with Crippen LogP contribution in [-0.4, -0.2) is 25.8 Å². The Kier molecular flexibility index (Phi) is 6.61. The molecule has 0 aliphatic rings. The monoisotopic (exact) mass is 384 g/mol. The van der Waals surface area contributed by atoms with Crippen molar-refractivity contribution in [3.63, 3.8) is 0 Å². The predicted octanol–water partition coefficient (Wildman–Crippen LogP) is 5.87. The molecule has 2 aromatic heterocycles. The summed E-state index contributed by atoms with van der Waals surface area (Å²) in [5.41, 5.74) is 1.95. The first-order valence-corrected chi connectivity index (χ1v) is 10.6. The Morgan fingerprint density at radius 3 is 2.37 bits per heavy atom. The molecule has 0 amide bonds. The molecule has 3 aromatic rings. The fourth-order valence-corrected chi connectivity index (χ4v) is 3.62. The number of rotatable bonds is 8. The van der Waals surface area contributed by atoms with Gasteiger partial charge in [0.1, 0.15) is 17.5 Å². The lowest BCUT2D eigenvalue weighted by atomic mass is 9.95. The molecule has 142 valence electrons. The maximum Gasteiger partial charge on any atom is 0.189 e. The predicted molar refractivity (Wildman–Crippen MR) is 109 cm³/mol. The fourth-order valence-electron chi connectivity index (χ4n) is 3.27. The van der Waals surface area contributed by atoms with Gasteiger partial charge in [0.15, 0.2) is 5.16 Å². The molecule has 0 bridgehead atoms. The SMILES string of the molecule is CCCC(CCC)c1cn(-c2ccnc(SC)n2)c(-c2ccc(F)cc2)n1. The lowest BCUT2D eigenvalue weighted by Gasteiger charge is -2.11. The van der Waals surface area contributed by atoms with Crippen molar-refractivity contribution in [1.82, 2.24) is 19.5 Å². The van der Waals surface area contributed by atoms with Crippen LogP contribution in [0.3, 0.4) is 0 Å². The molecule has 3 rings (SSSR count). The Bertz CT molecular complexity index is 870. The maximum atomic E-state index is 13.4. The second kappa shape index (κ2) is 9.13. The van der Waals surface area contributed by atoms with Crippen molar-refractivity contribution in [1.29, 1.82) is 0 Å². The molecule has 6 heteroatoms. The van der Waals surface area contributed by atoms with Gasteiger partial charge in [0.25, 0.3) is 0 Å². The Labute approximate surface area is 164 Å². The summed E-state index contributed by atoms with van der Waals surface area (Å²) in [4.78, 5) is 13.9. The fraction of sp³-hybridized carbons (Fsp3) is 0.381. The van der Waals surface area contributed by atoms with Crippen molar-refractivity contribution in [3.8, 4) is 17.2 Å². The van der Waals surface area contributed by atoms with Gasteiger partial charge in [-0.3, -0.25) is 4.57 Å². The summed E-state index contributed by atoms with van der Waals surface area (Å²) in [5, 5.41) is 0.714. The highest BCUT2D eigenvalue weighted by atomic mass is 32.2. The van der Waals surface area contributed by atoms with Crippen LogP contribution in [0.1, 0.15) is 51.1 Å². The number of hydrogen-bond donors (Lipinski definition) is 0. The third kappa shape index (κ3) is 4.56. The summed E-state index contributed by atoms with van der Waals surface area (Å²) >= 11 is 1.51. The van der Waals surface area contributed by atoms with Gasteiger partial charge < -0.3 is 0 Å². The van der Waals surface area contributed by atoms with Crippen molar-refractivity contribution >= 4 is 11.8 Å². The van der Waals surface area contributed by atoms with Gasteiger partial charge in [-0.2, -0.15) is 0 Å². The molecule has 0 atom stereocenters. The molecule has 27 heavy (non-hydrogen) atoms. The molecule has 0 N–H and O–H groups in total. The highest BCUT2D eigenvalue weighted by Gasteiger charge is 2.19. The zero-order valence-corrected chi connectivity index (χ0v) is 16.8. The smallest absolute Gasteiger partial charge is 0.189 e. The van der Waals surface area contributed by atoms with E-state index >= 15 is 0 Å². The van der Waals surface area contributed by atoms with Gasteiger partial charge in [0.05, 0.1) is 5.69 Å². The molecule has 0 unspecified atom stereocenters. The van der Waals surface area contributed by atoms with Crippen LogP contribution in [-0.2, 0) is 0 Å². The van der Waals surface area contributed by atoms with E-state index in [1.54, 1.807) is 18.3 Å². The van der Waals surface area contributed by atoms with E-state index in [4.69, 9.17) is 4.98 Å². The second-order valence-corrected chi connectivity index (χ2v) is 7.32. The quantitative estimate of drug-likeness (QED) is 0.360. The standard InChI is InChI=1S/C21H25FN4S/c1-4-6-15(7-5-2)18-14-26(19-12-13-23-21(25-19)27-3)20(24-18)16-8-10-17(22)11-9-16/h8-15H,4-7H2,1-3H3. The molecular weight excluding hydrogens is 359 g/mol. The third-order valence-electron chi connectivity index (χ3n) is 4.57. The van der Waals surface area contributed by atoms with Gasteiger partial charge in [-0.15, -0.1) is 0 Å². The number of aromatic nitrogens is 4. The minimum absolute atomic E-state index is 0.251. The highest BCUT2D eigenvalue weighted by molar-refractivity contribution is 7.98. The number of halogens is 1. The van der Waals surface area contributed by atoms with Crippen molar-refractivity contribution in [2.45, 2.75) is 50.6 Å². The van der Waals surface area contributed by atoms with Crippen molar-refractivity contribution in [3.05, 3.63) is 54.2 Å². The Morgan fingerprint density at radius 1 is 1.04 bits per heavy atom. The minimum atomic E-state index is -0.251. The summed E-state index contributed by atoms with van der Waals surface area (Å²) in [7, 11) is 0. The van der Waals surface area contributed by atoms with Crippen LogP contribution >= 0.6 is 11.8 Å². The topological polar surface area (TPSA) is 43.6 Å². The van der Waals surface area contributed by atoms with Gasteiger partial charge in [0.2, 0.25) is 0 Å². The van der Waals surface area contributed by atoms with Gasteiger partial charge in [0, 0.05) is 23.9 Å². The van der Waals surface area contributed by atoms with Crippen LogP contribution in [0, 0.1) is 5.82 Å². The molecule has 0 saturated carbocycles.